The van der Waals surface area contributed by atoms with Crippen molar-refractivity contribution in [3.05, 3.63) is 0 Å². The zero-order valence-electron chi connectivity index (χ0n) is 10.2. The smallest absolute Gasteiger partial charge is 0.243 e. The van der Waals surface area contributed by atoms with Crippen LogP contribution in [0.2, 0.25) is 0 Å². The summed E-state index contributed by atoms with van der Waals surface area (Å²) in [4.78, 5) is 12.9. The second-order valence-electron chi connectivity index (χ2n) is 4.03. The molecule has 1 saturated heterocycles. The van der Waals surface area contributed by atoms with Gasteiger partial charge in [-0.1, -0.05) is 13.8 Å². The third kappa shape index (κ3) is 3.09. The highest BCUT2D eigenvalue weighted by atomic mass is 35.5. The molecule has 1 heterocycles. The maximum absolute atomic E-state index is 12.1. The zero-order chi connectivity index (χ0) is 12.2. The molecule has 0 saturated carbocycles. The summed E-state index contributed by atoms with van der Waals surface area (Å²) < 4.78 is 10.6. The van der Waals surface area contributed by atoms with Crippen molar-refractivity contribution >= 4 is 17.5 Å². The number of carbonyl (C=O) groups excluding carboxylic acids is 1. The molecule has 94 valence electrons. The summed E-state index contributed by atoms with van der Waals surface area (Å²) in [5, 5.41) is 0. The van der Waals surface area contributed by atoms with Gasteiger partial charge in [0.15, 0.2) is 6.29 Å². The third-order valence-corrected chi connectivity index (χ3v) is 3.66. The Morgan fingerprint density at radius 3 is 2.31 bits per heavy atom. The number of alkyl halides is 1. The molecule has 0 atom stereocenters. The summed E-state index contributed by atoms with van der Waals surface area (Å²) in [5.74, 6) is -0.0572. The lowest BCUT2D eigenvalue weighted by molar-refractivity contribution is -0.138. The molecular weight excluding hydrogens is 230 g/mol. The number of carbonyl (C=O) groups is 1. The van der Waals surface area contributed by atoms with Gasteiger partial charge in [0.05, 0.1) is 19.8 Å². The van der Waals surface area contributed by atoms with Gasteiger partial charge in [-0.2, -0.15) is 0 Å². The molecule has 1 fully saturated rings. The lowest BCUT2D eigenvalue weighted by Crippen LogP contribution is -2.45. The van der Waals surface area contributed by atoms with Crippen LogP contribution in [0.5, 0.6) is 0 Å². The zero-order valence-corrected chi connectivity index (χ0v) is 10.9. The molecule has 0 radical (unpaired) electrons. The molecule has 0 aromatic heterocycles. The maximum Gasteiger partial charge on any atom is 0.243 e. The van der Waals surface area contributed by atoms with Gasteiger partial charge in [-0.05, 0) is 12.8 Å². The summed E-state index contributed by atoms with van der Waals surface area (Å²) in [6.45, 7) is 5.48. The van der Waals surface area contributed by atoms with Crippen molar-refractivity contribution in [2.24, 2.45) is 0 Å². The summed E-state index contributed by atoms with van der Waals surface area (Å²) in [6.07, 6.45) is 0.949. The summed E-state index contributed by atoms with van der Waals surface area (Å²) >= 11 is 6.27. The minimum atomic E-state index is -0.784. The Morgan fingerprint density at radius 2 is 1.88 bits per heavy atom. The Morgan fingerprint density at radius 1 is 1.38 bits per heavy atom. The van der Waals surface area contributed by atoms with Gasteiger partial charge < -0.3 is 14.4 Å². The van der Waals surface area contributed by atoms with Gasteiger partial charge in [0.2, 0.25) is 5.91 Å². The fourth-order valence-corrected chi connectivity index (χ4v) is 1.86. The molecule has 0 aromatic carbocycles. The van der Waals surface area contributed by atoms with Gasteiger partial charge in [0.25, 0.3) is 0 Å². The van der Waals surface area contributed by atoms with E-state index in [1.807, 2.05) is 13.8 Å². The van der Waals surface area contributed by atoms with E-state index in [1.165, 1.54) is 0 Å². The van der Waals surface area contributed by atoms with Crippen molar-refractivity contribution in [1.82, 2.24) is 4.90 Å². The Labute approximate surface area is 102 Å². The molecule has 0 bridgehead atoms. The number of amides is 1. The Balaban J connectivity index is 2.51. The van der Waals surface area contributed by atoms with Crippen LogP contribution >= 0.6 is 11.6 Å². The Hall–Kier alpha value is -0.320. The number of hydrogen-bond acceptors (Lipinski definition) is 3. The molecule has 1 aliphatic rings. The fraction of sp³-hybridized carbons (Fsp3) is 0.909. The minimum Gasteiger partial charge on any atom is -0.348 e. The predicted molar refractivity (Wildman–Crippen MR) is 62.5 cm³/mol. The van der Waals surface area contributed by atoms with Crippen LogP contribution in [0, 0.1) is 0 Å². The number of nitrogens with zero attached hydrogens (tertiary/aromatic N) is 1. The predicted octanol–water partition coefficient (Wildman–Crippen LogP) is 1.62. The highest BCUT2D eigenvalue weighted by Gasteiger charge is 2.35. The topological polar surface area (TPSA) is 38.8 Å². The van der Waals surface area contributed by atoms with Crippen molar-refractivity contribution in [3.63, 3.8) is 0 Å². The first-order chi connectivity index (χ1) is 7.53. The number of rotatable bonds is 5. The lowest BCUT2D eigenvalue weighted by atomic mass is 10.0. The van der Waals surface area contributed by atoms with E-state index in [0.717, 1.165) is 0 Å². The SMILES string of the molecule is CCC(Cl)(CC)C(=O)N(C)CC1OCCO1. The third-order valence-electron chi connectivity index (χ3n) is 2.96. The largest absolute Gasteiger partial charge is 0.348 e. The molecule has 16 heavy (non-hydrogen) atoms. The van der Waals surface area contributed by atoms with Crippen molar-refractivity contribution in [2.75, 3.05) is 26.8 Å². The molecule has 1 rings (SSSR count). The van der Waals surface area contributed by atoms with E-state index in [2.05, 4.69) is 0 Å². The van der Waals surface area contributed by atoms with Gasteiger partial charge in [-0.25, -0.2) is 0 Å². The van der Waals surface area contributed by atoms with E-state index in [0.29, 0.717) is 32.6 Å². The number of hydrogen-bond donors (Lipinski definition) is 0. The van der Waals surface area contributed by atoms with E-state index in [1.54, 1.807) is 11.9 Å². The van der Waals surface area contributed by atoms with Crippen LogP contribution in [-0.4, -0.2) is 48.8 Å². The minimum absolute atomic E-state index is 0.0572. The molecule has 0 spiro atoms. The highest BCUT2D eigenvalue weighted by molar-refractivity contribution is 6.34. The fourth-order valence-electron chi connectivity index (χ4n) is 1.71. The van der Waals surface area contributed by atoms with Gasteiger partial charge in [0, 0.05) is 7.05 Å². The van der Waals surface area contributed by atoms with Gasteiger partial charge in [0.1, 0.15) is 4.87 Å². The number of halogens is 1. The van der Waals surface area contributed by atoms with Crippen molar-refractivity contribution < 1.29 is 14.3 Å². The van der Waals surface area contributed by atoms with Gasteiger partial charge in [-0.3, -0.25) is 4.79 Å². The maximum atomic E-state index is 12.1. The van der Waals surface area contributed by atoms with E-state index >= 15 is 0 Å². The molecule has 4 nitrogen and oxygen atoms in total. The molecule has 0 unspecified atom stereocenters. The number of ether oxygens (including phenoxy) is 2. The summed E-state index contributed by atoms with van der Waals surface area (Å²) in [7, 11) is 1.73. The van der Waals surface area contributed by atoms with Crippen molar-refractivity contribution in [1.29, 1.82) is 0 Å². The van der Waals surface area contributed by atoms with E-state index in [-0.39, 0.29) is 12.2 Å². The van der Waals surface area contributed by atoms with Crippen molar-refractivity contribution in [3.8, 4) is 0 Å². The molecular formula is C11H20ClNO3. The molecule has 1 amide bonds. The average molecular weight is 250 g/mol. The Kier molecular flexibility index (Phi) is 5.02. The van der Waals surface area contributed by atoms with Crippen LogP contribution in [0.4, 0.5) is 0 Å². The summed E-state index contributed by atoms with van der Waals surface area (Å²) in [5.41, 5.74) is 0. The van der Waals surface area contributed by atoms with Crippen molar-refractivity contribution in [2.45, 2.75) is 37.9 Å². The second-order valence-corrected chi connectivity index (χ2v) is 4.75. The van der Waals surface area contributed by atoms with E-state index < -0.39 is 4.87 Å². The second kappa shape index (κ2) is 5.84. The van der Waals surface area contributed by atoms with E-state index in [4.69, 9.17) is 21.1 Å². The van der Waals surface area contributed by atoms with Gasteiger partial charge >= 0.3 is 0 Å². The van der Waals surface area contributed by atoms with Gasteiger partial charge in [-0.15, -0.1) is 11.6 Å². The van der Waals surface area contributed by atoms with Crippen LogP contribution < -0.4 is 0 Å². The van der Waals surface area contributed by atoms with E-state index in [9.17, 15) is 4.79 Å². The van der Waals surface area contributed by atoms with Crippen LogP contribution in [0.25, 0.3) is 0 Å². The molecule has 0 aliphatic carbocycles. The monoisotopic (exact) mass is 249 g/mol. The molecule has 1 aliphatic heterocycles. The Bertz CT molecular complexity index is 237. The quantitative estimate of drug-likeness (QED) is 0.695. The average Bonchev–Trinajstić information content (AvgIpc) is 2.79. The molecule has 5 heteroatoms. The van der Waals surface area contributed by atoms with Crippen LogP contribution in [0.1, 0.15) is 26.7 Å². The molecule has 0 aromatic rings. The van der Waals surface area contributed by atoms with Crippen LogP contribution in [-0.2, 0) is 14.3 Å². The normalized spacial score (nSPS) is 17.8. The first kappa shape index (κ1) is 13.7. The standard InChI is InChI=1S/C11H20ClNO3/c1-4-11(12,5-2)10(14)13(3)8-9-15-6-7-16-9/h9H,4-8H2,1-3H3. The van der Waals surface area contributed by atoms with Crippen LogP contribution in [0.15, 0.2) is 0 Å². The lowest BCUT2D eigenvalue weighted by Gasteiger charge is -2.29. The highest BCUT2D eigenvalue weighted by Crippen LogP contribution is 2.26. The first-order valence-corrected chi connectivity index (χ1v) is 6.09. The summed E-state index contributed by atoms with van der Waals surface area (Å²) in [6, 6.07) is 0. The first-order valence-electron chi connectivity index (χ1n) is 5.71. The van der Waals surface area contributed by atoms with Crippen LogP contribution in [0.3, 0.4) is 0 Å². The number of likely N-dealkylation sites (N-methyl/N-ethyl adjacent to an activating group) is 1. The molecule has 0 N–H and O–H groups in total.